The minimum atomic E-state index is -0.361. The van der Waals surface area contributed by atoms with E-state index in [2.05, 4.69) is 4.90 Å². The third-order valence-electron chi connectivity index (χ3n) is 2.48. The van der Waals surface area contributed by atoms with Gasteiger partial charge in [0.1, 0.15) is 5.82 Å². The van der Waals surface area contributed by atoms with Crippen LogP contribution in [0, 0.1) is 5.82 Å². The predicted molar refractivity (Wildman–Crippen MR) is 57.3 cm³/mol. The zero-order chi connectivity index (χ0) is 10.1. The third-order valence-corrected chi connectivity index (χ3v) is 2.84. The average Bonchev–Trinajstić information content (AvgIpc) is 2.57. The summed E-state index contributed by atoms with van der Waals surface area (Å²) >= 11 is 5.97. The van der Waals surface area contributed by atoms with E-state index in [-0.39, 0.29) is 16.9 Å². The lowest BCUT2D eigenvalue weighted by Crippen LogP contribution is -2.19. The summed E-state index contributed by atoms with van der Waals surface area (Å²) in [6, 6.07) is 4.88. The number of hydrogen-bond donors (Lipinski definition) is 1. The predicted octanol–water partition coefficient (Wildman–Crippen LogP) is 2.23. The monoisotopic (exact) mass is 214 g/mol. The minimum Gasteiger partial charge on any atom is -0.396 e. The van der Waals surface area contributed by atoms with E-state index < -0.39 is 0 Å². The molecule has 0 aromatic heterocycles. The van der Waals surface area contributed by atoms with Gasteiger partial charge in [-0.25, -0.2) is 4.39 Å². The van der Waals surface area contributed by atoms with Crippen LogP contribution in [0.2, 0.25) is 0 Å². The number of nitrogen functional groups attached to an aromatic ring is 1. The van der Waals surface area contributed by atoms with Gasteiger partial charge >= 0.3 is 0 Å². The van der Waals surface area contributed by atoms with Crippen molar-refractivity contribution in [2.24, 2.45) is 0 Å². The van der Waals surface area contributed by atoms with Gasteiger partial charge in [0.25, 0.3) is 0 Å². The van der Waals surface area contributed by atoms with Gasteiger partial charge in [0.05, 0.1) is 11.1 Å². The molecular weight excluding hydrogens is 203 g/mol. The topological polar surface area (TPSA) is 29.3 Å². The summed E-state index contributed by atoms with van der Waals surface area (Å²) in [6.07, 6.45) is 0.952. The molecule has 2 N–H and O–H groups in total. The summed E-state index contributed by atoms with van der Waals surface area (Å²) in [6.45, 7) is 1.67. The highest BCUT2D eigenvalue weighted by Gasteiger charge is 2.20. The van der Waals surface area contributed by atoms with Crippen LogP contribution in [0.1, 0.15) is 6.42 Å². The zero-order valence-corrected chi connectivity index (χ0v) is 8.47. The van der Waals surface area contributed by atoms with Crippen molar-refractivity contribution in [3.63, 3.8) is 0 Å². The first-order valence-corrected chi connectivity index (χ1v) is 5.04. The highest BCUT2D eigenvalue weighted by molar-refractivity contribution is 6.21. The quantitative estimate of drug-likeness (QED) is 0.574. The summed E-state index contributed by atoms with van der Waals surface area (Å²) in [5.41, 5.74) is 6.45. The fourth-order valence-electron chi connectivity index (χ4n) is 1.66. The van der Waals surface area contributed by atoms with Crippen LogP contribution in [0.3, 0.4) is 0 Å². The Morgan fingerprint density at radius 1 is 1.50 bits per heavy atom. The van der Waals surface area contributed by atoms with Crippen LogP contribution in [0.15, 0.2) is 18.2 Å². The van der Waals surface area contributed by atoms with Crippen molar-refractivity contribution in [1.82, 2.24) is 0 Å². The standard InChI is InChI=1S/C10H12ClFN2/c11-7-3-4-14(6-7)8-1-2-10(13)9(12)5-8/h1-2,5,7H,3-4,6,13H2. The molecule has 0 aliphatic carbocycles. The van der Waals surface area contributed by atoms with Crippen molar-refractivity contribution in [3.05, 3.63) is 24.0 Å². The molecule has 0 radical (unpaired) electrons. The molecule has 1 aromatic rings. The lowest BCUT2D eigenvalue weighted by atomic mass is 10.2. The molecule has 0 spiro atoms. The molecule has 2 rings (SSSR count). The Hall–Kier alpha value is -0.960. The molecule has 76 valence electrons. The van der Waals surface area contributed by atoms with Crippen molar-refractivity contribution in [3.8, 4) is 0 Å². The van der Waals surface area contributed by atoms with E-state index in [1.165, 1.54) is 6.07 Å². The largest absolute Gasteiger partial charge is 0.396 e. The van der Waals surface area contributed by atoms with Crippen LogP contribution >= 0.6 is 11.6 Å². The van der Waals surface area contributed by atoms with E-state index in [9.17, 15) is 4.39 Å². The number of nitrogens with two attached hydrogens (primary N) is 1. The molecule has 0 saturated carbocycles. The number of benzene rings is 1. The molecule has 2 nitrogen and oxygen atoms in total. The first kappa shape index (κ1) is 9.59. The van der Waals surface area contributed by atoms with Crippen molar-refractivity contribution >= 4 is 23.0 Å². The summed E-state index contributed by atoms with van der Waals surface area (Å²) in [5.74, 6) is -0.361. The Balaban J connectivity index is 2.20. The molecule has 1 heterocycles. The van der Waals surface area contributed by atoms with Gasteiger partial charge < -0.3 is 10.6 Å². The molecule has 1 fully saturated rings. The Morgan fingerprint density at radius 3 is 2.86 bits per heavy atom. The van der Waals surface area contributed by atoms with Crippen molar-refractivity contribution in [2.75, 3.05) is 23.7 Å². The van der Waals surface area contributed by atoms with Crippen molar-refractivity contribution in [1.29, 1.82) is 0 Å². The molecule has 1 saturated heterocycles. The van der Waals surface area contributed by atoms with Crippen LogP contribution in [0.5, 0.6) is 0 Å². The first-order valence-electron chi connectivity index (χ1n) is 4.61. The molecule has 1 unspecified atom stereocenters. The molecule has 1 aromatic carbocycles. The van der Waals surface area contributed by atoms with Crippen LogP contribution in [0.4, 0.5) is 15.8 Å². The Bertz CT molecular complexity index is 343. The van der Waals surface area contributed by atoms with Crippen LogP contribution in [0.25, 0.3) is 0 Å². The van der Waals surface area contributed by atoms with E-state index in [4.69, 9.17) is 17.3 Å². The van der Waals surface area contributed by atoms with Gasteiger partial charge in [0.15, 0.2) is 0 Å². The number of hydrogen-bond acceptors (Lipinski definition) is 2. The SMILES string of the molecule is Nc1ccc(N2CCC(Cl)C2)cc1F. The second kappa shape index (κ2) is 3.65. The van der Waals surface area contributed by atoms with Gasteiger partial charge in [-0.1, -0.05) is 0 Å². The first-order chi connectivity index (χ1) is 6.66. The van der Waals surface area contributed by atoms with Gasteiger partial charge in [0.2, 0.25) is 0 Å². The molecule has 4 heteroatoms. The molecule has 0 bridgehead atoms. The van der Waals surface area contributed by atoms with Gasteiger partial charge in [-0.05, 0) is 24.6 Å². The molecular formula is C10H12ClFN2. The van der Waals surface area contributed by atoms with Crippen LogP contribution < -0.4 is 10.6 Å². The number of alkyl halides is 1. The fourth-order valence-corrected chi connectivity index (χ4v) is 1.93. The maximum Gasteiger partial charge on any atom is 0.148 e. The van der Waals surface area contributed by atoms with Gasteiger partial charge in [-0.15, -0.1) is 11.6 Å². The van der Waals surface area contributed by atoms with Crippen molar-refractivity contribution < 1.29 is 4.39 Å². The van der Waals surface area contributed by atoms with Gasteiger partial charge in [-0.2, -0.15) is 0 Å². The minimum absolute atomic E-state index is 0.176. The summed E-state index contributed by atoms with van der Waals surface area (Å²) in [5, 5.41) is 0.176. The van der Waals surface area contributed by atoms with E-state index >= 15 is 0 Å². The van der Waals surface area contributed by atoms with E-state index in [0.717, 1.165) is 25.2 Å². The van der Waals surface area contributed by atoms with Crippen LogP contribution in [-0.2, 0) is 0 Å². The molecule has 0 amide bonds. The highest BCUT2D eigenvalue weighted by Crippen LogP contribution is 2.25. The van der Waals surface area contributed by atoms with Gasteiger partial charge in [0, 0.05) is 18.8 Å². The summed E-state index contributed by atoms with van der Waals surface area (Å²) in [7, 11) is 0. The summed E-state index contributed by atoms with van der Waals surface area (Å²) in [4.78, 5) is 2.07. The normalized spacial score (nSPS) is 21.6. The van der Waals surface area contributed by atoms with Gasteiger partial charge in [-0.3, -0.25) is 0 Å². The lowest BCUT2D eigenvalue weighted by molar-refractivity contribution is 0.632. The van der Waals surface area contributed by atoms with Crippen LogP contribution in [-0.4, -0.2) is 18.5 Å². The second-order valence-corrected chi connectivity index (χ2v) is 4.16. The molecule has 1 atom stereocenters. The average molecular weight is 215 g/mol. The van der Waals surface area contributed by atoms with E-state index in [1.54, 1.807) is 6.07 Å². The molecule has 1 aliphatic heterocycles. The third kappa shape index (κ3) is 1.77. The highest BCUT2D eigenvalue weighted by atomic mass is 35.5. The number of nitrogens with zero attached hydrogens (tertiary/aromatic N) is 1. The molecule has 14 heavy (non-hydrogen) atoms. The summed E-state index contributed by atoms with van der Waals surface area (Å²) < 4.78 is 13.1. The number of anilines is 2. The Kier molecular flexibility index (Phi) is 2.50. The number of rotatable bonds is 1. The lowest BCUT2D eigenvalue weighted by Gasteiger charge is -2.17. The Morgan fingerprint density at radius 2 is 2.29 bits per heavy atom. The van der Waals surface area contributed by atoms with E-state index in [1.807, 2.05) is 6.07 Å². The smallest absolute Gasteiger partial charge is 0.148 e. The van der Waals surface area contributed by atoms with Crippen molar-refractivity contribution in [2.45, 2.75) is 11.8 Å². The maximum absolute atomic E-state index is 13.1. The molecule has 1 aliphatic rings. The maximum atomic E-state index is 13.1. The van der Waals surface area contributed by atoms with E-state index in [0.29, 0.717) is 0 Å². The fraction of sp³-hybridized carbons (Fsp3) is 0.400. The Labute approximate surface area is 87.5 Å². The second-order valence-electron chi connectivity index (χ2n) is 3.54. The zero-order valence-electron chi connectivity index (χ0n) is 7.71. The number of halogens is 2.